The number of ether oxygens (including phenoxy) is 4. The zero-order valence-electron chi connectivity index (χ0n) is 27.6. The molecule has 0 unspecified atom stereocenters. The number of azide groups is 2. The fourth-order valence-electron chi connectivity index (χ4n) is 5.72. The molecule has 0 fully saturated rings. The van der Waals surface area contributed by atoms with E-state index in [1.807, 2.05) is 30.3 Å². The Morgan fingerprint density at radius 3 is 2.42 bits per heavy atom. The molecule has 256 valence electrons. The molecule has 4 aromatic carbocycles. The first-order valence-electron chi connectivity index (χ1n) is 15.8. The van der Waals surface area contributed by atoms with Gasteiger partial charge in [0.05, 0.1) is 27.4 Å². The Bertz CT molecular complexity index is 1940. The van der Waals surface area contributed by atoms with Crippen molar-refractivity contribution in [1.82, 2.24) is 5.32 Å². The predicted octanol–water partition coefficient (Wildman–Crippen LogP) is 7.03. The Balaban J connectivity index is 1.64. The zero-order valence-corrected chi connectivity index (χ0v) is 27.6. The molecule has 0 bridgehead atoms. The maximum atomic E-state index is 14.8. The van der Waals surface area contributed by atoms with Gasteiger partial charge in [0.15, 0.2) is 23.1 Å². The van der Waals surface area contributed by atoms with Crippen LogP contribution in [0.15, 0.2) is 106 Å². The van der Waals surface area contributed by atoms with Crippen LogP contribution in [0.5, 0.6) is 17.2 Å². The van der Waals surface area contributed by atoms with E-state index in [4.69, 9.17) is 34.6 Å². The number of aliphatic hydroxyl groups is 1. The Hall–Kier alpha value is -6.20. The average molecular weight is 677 g/mol. The third-order valence-electron chi connectivity index (χ3n) is 8.18. The number of methoxy groups -OCH3 is 2. The molecule has 1 amide bonds. The van der Waals surface area contributed by atoms with Gasteiger partial charge in [-0.05, 0) is 69.7 Å². The van der Waals surface area contributed by atoms with Gasteiger partial charge in [0.1, 0.15) is 5.75 Å². The first kappa shape index (κ1) is 35.1. The van der Waals surface area contributed by atoms with Crippen molar-refractivity contribution in [2.45, 2.75) is 37.6 Å². The number of carbonyl (C=O) groups excluding carboxylic acids is 1. The second kappa shape index (κ2) is 16.8. The normalized spacial score (nSPS) is 16.2. The molecule has 1 heterocycles. The monoisotopic (exact) mass is 676 g/mol. The van der Waals surface area contributed by atoms with Crippen molar-refractivity contribution in [2.24, 2.45) is 15.2 Å². The van der Waals surface area contributed by atoms with Gasteiger partial charge >= 0.3 is 0 Å². The van der Waals surface area contributed by atoms with E-state index < -0.39 is 17.6 Å². The molecule has 2 atom stereocenters. The van der Waals surface area contributed by atoms with E-state index in [2.05, 4.69) is 25.4 Å². The summed E-state index contributed by atoms with van der Waals surface area (Å²) >= 11 is 0. The maximum absolute atomic E-state index is 14.8. The second-order valence-corrected chi connectivity index (χ2v) is 11.2. The number of hydrogen-bond acceptors (Lipinski definition) is 9. The fourth-order valence-corrected chi connectivity index (χ4v) is 5.72. The van der Waals surface area contributed by atoms with Crippen molar-refractivity contribution in [2.75, 3.05) is 27.4 Å². The molecule has 14 nitrogen and oxygen atoms in total. The fraction of sp³-hybridized carbons (Fsp3) is 0.278. The summed E-state index contributed by atoms with van der Waals surface area (Å²) in [4.78, 5) is 25.8. The van der Waals surface area contributed by atoms with Crippen molar-refractivity contribution in [3.05, 3.63) is 140 Å². The van der Waals surface area contributed by atoms with Gasteiger partial charge in [-0.25, -0.2) is 4.99 Å². The summed E-state index contributed by atoms with van der Waals surface area (Å²) in [5.74, 6) is 1.41. The second-order valence-electron chi connectivity index (χ2n) is 11.2. The maximum Gasteiger partial charge on any atom is 0.252 e. The zero-order chi connectivity index (χ0) is 35.3. The molecule has 2 N–H and O–H groups in total. The van der Waals surface area contributed by atoms with Gasteiger partial charge in [-0.3, -0.25) is 4.79 Å². The number of carbonyl (C=O) groups is 1. The van der Waals surface area contributed by atoms with Crippen LogP contribution in [0.4, 0.5) is 5.69 Å². The Morgan fingerprint density at radius 2 is 1.70 bits per heavy atom. The molecule has 1 aliphatic heterocycles. The molecule has 50 heavy (non-hydrogen) atoms. The van der Waals surface area contributed by atoms with E-state index in [1.165, 1.54) is 7.11 Å². The lowest BCUT2D eigenvalue weighted by Crippen LogP contribution is -2.50. The van der Waals surface area contributed by atoms with Crippen molar-refractivity contribution in [3.8, 4) is 17.2 Å². The number of nitrogens with zero attached hydrogens (tertiary/aromatic N) is 7. The molecule has 0 saturated carbocycles. The molecule has 5 rings (SSSR count). The van der Waals surface area contributed by atoms with Crippen LogP contribution < -0.4 is 19.5 Å². The molecule has 14 heteroatoms. The molecule has 0 aliphatic carbocycles. The number of rotatable bonds is 16. The smallest absolute Gasteiger partial charge is 0.252 e. The van der Waals surface area contributed by atoms with E-state index in [9.17, 15) is 10.3 Å². The van der Waals surface area contributed by atoms with E-state index in [1.54, 1.807) is 67.8 Å². The van der Waals surface area contributed by atoms with Gasteiger partial charge in [-0.1, -0.05) is 64.8 Å². The van der Waals surface area contributed by atoms with Crippen LogP contribution in [0.3, 0.4) is 0 Å². The number of nitrogens with one attached hydrogen (secondary N) is 1. The summed E-state index contributed by atoms with van der Waals surface area (Å²) in [5.41, 5.74) is 20.4. The molecule has 0 aromatic heterocycles. The summed E-state index contributed by atoms with van der Waals surface area (Å²) in [7, 11) is 3.08. The average Bonchev–Trinajstić information content (AvgIpc) is 3.54. The first-order chi connectivity index (χ1) is 24.5. The summed E-state index contributed by atoms with van der Waals surface area (Å²) < 4.78 is 23.2. The molecular formula is C36H36N8O6. The molecule has 4 aromatic rings. The van der Waals surface area contributed by atoms with Gasteiger partial charge in [0, 0.05) is 47.1 Å². The van der Waals surface area contributed by atoms with Crippen LogP contribution >= 0.6 is 0 Å². The summed E-state index contributed by atoms with van der Waals surface area (Å²) in [6.45, 7) is 0.507. The summed E-state index contributed by atoms with van der Waals surface area (Å²) in [5, 5.41) is 19.9. The quantitative estimate of drug-likeness (QED) is 0.0552. The minimum absolute atomic E-state index is 0.00761. The van der Waals surface area contributed by atoms with Gasteiger partial charge in [-0.2, -0.15) is 0 Å². The largest absolute Gasteiger partial charge is 0.494 e. The summed E-state index contributed by atoms with van der Waals surface area (Å²) in [6.07, 6.45) is -0.508. The topological polar surface area (TPSA) is 196 Å². The van der Waals surface area contributed by atoms with Gasteiger partial charge < -0.3 is 29.4 Å². The number of benzene rings is 4. The lowest BCUT2D eigenvalue weighted by atomic mass is 9.80. The van der Waals surface area contributed by atoms with Crippen molar-refractivity contribution in [3.63, 3.8) is 0 Å². The van der Waals surface area contributed by atoms with Crippen molar-refractivity contribution < 1.29 is 28.8 Å². The SMILES string of the molecule is COc1ccc(CNC(=O)[C@]2(Cc3ccccc3N=[N+]=[N-])N=C(c3ccc(OCCCO)cc3)O[C@@H]2c2ccccc2CN=[N+]=[N-])cc1OC. The van der Waals surface area contributed by atoms with E-state index >= 15 is 0 Å². The number of hydrogen-bond donors (Lipinski definition) is 2. The van der Waals surface area contributed by atoms with Gasteiger partial charge in [-0.15, -0.1) is 0 Å². The first-order valence-corrected chi connectivity index (χ1v) is 15.8. The van der Waals surface area contributed by atoms with Crippen LogP contribution in [0, 0.1) is 0 Å². The minimum atomic E-state index is -1.63. The minimum Gasteiger partial charge on any atom is -0.494 e. The molecule has 0 saturated heterocycles. The highest BCUT2D eigenvalue weighted by Crippen LogP contribution is 2.45. The highest BCUT2D eigenvalue weighted by atomic mass is 16.5. The Kier molecular flexibility index (Phi) is 11.8. The lowest BCUT2D eigenvalue weighted by molar-refractivity contribution is -0.129. The van der Waals surface area contributed by atoms with Crippen LogP contribution in [0.1, 0.15) is 40.3 Å². The third-order valence-corrected chi connectivity index (χ3v) is 8.18. The highest BCUT2D eigenvalue weighted by molar-refractivity contribution is 6.01. The third kappa shape index (κ3) is 7.91. The number of aliphatic imine (C=N–C) groups is 1. The molecular weight excluding hydrogens is 640 g/mol. The van der Waals surface area contributed by atoms with Crippen LogP contribution in [-0.4, -0.2) is 49.9 Å². The van der Waals surface area contributed by atoms with E-state index in [0.717, 1.165) is 5.56 Å². The van der Waals surface area contributed by atoms with E-state index in [-0.39, 0.29) is 32.0 Å². The van der Waals surface area contributed by atoms with Crippen LogP contribution in [-0.2, 0) is 29.0 Å². The number of aliphatic hydroxyl groups excluding tert-OH is 1. The predicted molar refractivity (Wildman–Crippen MR) is 186 cm³/mol. The van der Waals surface area contributed by atoms with Crippen molar-refractivity contribution >= 4 is 17.5 Å². The van der Waals surface area contributed by atoms with Crippen LogP contribution in [0.2, 0.25) is 0 Å². The van der Waals surface area contributed by atoms with E-state index in [0.29, 0.717) is 58.2 Å². The lowest BCUT2D eigenvalue weighted by Gasteiger charge is -2.32. The van der Waals surface area contributed by atoms with Crippen molar-refractivity contribution in [1.29, 1.82) is 0 Å². The Morgan fingerprint density at radius 1 is 0.960 bits per heavy atom. The standard InChI is InChI=1S/C36H36N8O6/c1-47-31-17-12-24(20-32(31)48-2)22-39-35(46)36(21-26-8-4-6-11-30(26)42-44-38)33(29-10-5-3-9-27(29)23-40-43-37)50-34(41-36)25-13-15-28(16-14-25)49-19-7-18-45/h3-6,8-17,20,33,45H,7,18-19,21-23H2,1-2H3,(H,39,46)/t33-,36-/m1/s1. The molecule has 1 aliphatic rings. The Labute approximate surface area is 288 Å². The molecule has 0 spiro atoms. The highest BCUT2D eigenvalue weighted by Gasteiger charge is 2.54. The van der Waals surface area contributed by atoms with Gasteiger partial charge in [0.2, 0.25) is 5.90 Å². The van der Waals surface area contributed by atoms with Crippen LogP contribution in [0.25, 0.3) is 20.9 Å². The van der Waals surface area contributed by atoms with Gasteiger partial charge in [0.25, 0.3) is 5.91 Å². The molecule has 0 radical (unpaired) electrons. The number of amides is 1. The summed E-state index contributed by atoms with van der Waals surface area (Å²) in [6, 6.07) is 26.7.